The van der Waals surface area contributed by atoms with E-state index < -0.39 is 11.4 Å². The quantitative estimate of drug-likeness (QED) is 0.922. The van der Waals surface area contributed by atoms with Crippen molar-refractivity contribution in [3.8, 4) is 0 Å². The van der Waals surface area contributed by atoms with E-state index in [1.54, 1.807) is 6.92 Å². The van der Waals surface area contributed by atoms with Gasteiger partial charge in [0.1, 0.15) is 0 Å². The lowest BCUT2D eigenvalue weighted by Gasteiger charge is -2.20. The molecule has 1 atom stereocenters. The monoisotopic (exact) mass is 331 g/mol. The molecule has 1 heterocycles. The van der Waals surface area contributed by atoms with E-state index in [2.05, 4.69) is 20.8 Å². The largest absolute Gasteiger partial charge is 0.481 e. The summed E-state index contributed by atoms with van der Waals surface area (Å²) >= 11 is 9.56. The Bertz CT molecular complexity index is 480. The van der Waals surface area contributed by atoms with Crippen molar-refractivity contribution in [1.82, 2.24) is 4.90 Å². The molecule has 2 rings (SSSR count). The van der Waals surface area contributed by atoms with Crippen LogP contribution in [-0.2, 0) is 11.3 Å². The number of rotatable bonds is 3. The second-order valence-corrected chi connectivity index (χ2v) is 6.39. The molecule has 1 fully saturated rings. The number of carbonyl (C=O) groups is 1. The number of hydrogen-bond acceptors (Lipinski definition) is 2. The van der Waals surface area contributed by atoms with Crippen LogP contribution in [0.2, 0.25) is 5.02 Å². The molecule has 0 saturated carbocycles. The van der Waals surface area contributed by atoms with E-state index in [0.717, 1.165) is 21.6 Å². The Kier molecular flexibility index (Phi) is 3.99. The van der Waals surface area contributed by atoms with Crippen LogP contribution in [0.4, 0.5) is 0 Å². The number of carboxylic acids is 1. The topological polar surface area (TPSA) is 40.5 Å². The Hall–Kier alpha value is -0.580. The van der Waals surface area contributed by atoms with Crippen molar-refractivity contribution < 1.29 is 9.90 Å². The highest BCUT2D eigenvalue weighted by Crippen LogP contribution is 2.32. The maximum absolute atomic E-state index is 11.2. The zero-order valence-corrected chi connectivity index (χ0v) is 12.5. The Morgan fingerprint density at radius 2 is 2.33 bits per heavy atom. The van der Waals surface area contributed by atoms with Gasteiger partial charge in [0.05, 0.1) is 5.41 Å². The van der Waals surface area contributed by atoms with Crippen LogP contribution in [-0.4, -0.2) is 29.1 Å². The maximum atomic E-state index is 11.2. The third-order valence-corrected chi connectivity index (χ3v) is 4.33. The fourth-order valence-corrected chi connectivity index (χ4v) is 2.86. The minimum absolute atomic E-state index is 0.575. The van der Waals surface area contributed by atoms with Gasteiger partial charge in [0, 0.05) is 22.6 Å². The van der Waals surface area contributed by atoms with Gasteiger partial charge in [0.2, 0.25) is 0 Å². The summed E-state index contributed by atoms with van der Waals surface area (Å²) in [5.74, 6) is -0.717. The lowest BCUT2D eigenvalue weighted by atomic mass is 9.90. The molecule has 1 saturated heterocycles. The molecule has 1 unspecified atom stereocenters. The van der Waals surface area contributed by atoms with Gasteiger partial charge in [0.25, 0.3) is 0 Å². The van der Waals surface area contributed by atoms with Crippen LogP contribution in [0.3, 0.4) is 0 Å². The van der Waals surface area contributed by atoms with E-state index in [1.807, 2.05) is 18.2 Å². The fourth-order valence-electron chi connectivity index (χ4n) is 2.27. The van der Waals surface area contributed by atoms with Crippen molar-refractivity contribution in [3.05, 3.63) is 33.3 Å². The normalized spacial score (nSPS) is 24.4. The third-order valence-electron chi connectivity index (χ3n) is 3.47. The Morgan fingerprint density at radius 1 is 1.61 bits per heavy atom. The molecule has 0 aromatic heterocycles. The van der Waals surface area contributed by atoms with Crippen LogP contribution >= 0.6 is 27.5 Å². The highest BCUT2D eigenvalue weighted by molar-refractivity contribution is 9.10. The highest BCUT2D eigenvalue weighted by atomic mass is 79.9. The van der Waals surface area contributed by atoms with Gasteiger partial charge >= 0.3 is 5.97 Å². The maximum Gasteiger partial charge on any atom is 0.310 e. The smallest absolute Gasteiger partial charge is 0.310 e. The summed E-state index contributed by atoms with van der Waals surface area (Å²) in [6.45, 7) is 3.87. The van der Waals surface area contributed by atoms with Crippen LogP contribution in [0.25, 0.3) is 0 Å². The molecular weight excluding hydrogens is 318 g/mol. The second-order valence-electron chi connectivity index (χ2n) is 5.06. The summed E-state index contributed by atoms with van der Waals surface area (Å²) in [4.78, 5) is 13.3. The third kappa shape index (κ3) is 2.87. The molecule has 0 aliphatic carbocycles. The number of likely N-dealkylation sites (tertiary alicyclic amines) is 1. The summed E-state index contributed by atoms with van der Waals surface area (Å²) in [7, 11) is 0. The number of nitrogens with zero attached hydrogens (tertiary/aromatic N) is 1. The fraction of sp³-hybridized carbons (Fsp3) is 0.462. The molecule has 1 aliphatic heterocycles. The number of aliphatic carboxylic acids is 1. The van der Waals surface area contributed by atoms with E-state index >= 15 is 0 Å². The molecular formula is C13H15BrClNO2. The average molecular weight is 333 g/mol. The first-order valence-corrected chi connectivity index (χ1v) is 6.97. The van der Waals surface area contributed by atoms with E-state index in [0.29, 0.717) is 19.5 Å². The SMILES string of the molecule is CC1(C(=O)O)CCN(Cc2cc(Br)ccc2Cl)C1. The van der Waals surface area contributed by atoms with Gasteiger partial charge in [-0.1, -0.05) is 27.5 Å². The van der Waals surface area contributed by atoms with Gasteiger partial charge in [-0.3, -0.25) is 9.69 Å². The number of halogens is 2. The molecule has 0 radical (unpaired) electrons. The van der Waals surface area contributed by atoms with Crippen molar-refractivity contribution in [2.45, 2.75) is 19.9 Å². The molecule has 1 N–H and O–H groups in total. The lowest BCUT2D eigenvalue weighted by Crippen LogP contribution is -2.31. The molecule has 5 heteroatoms. The molecule has 1 aromatic rings. The van der Waals surface area contributed by atoms with E-state index in [4.69, 9.17) is 11.6 Å². The van der Waals surface area contributed by atoms with Crippen molar-refractivity contribution in [2.75, 3.05) is 13.1 Å². The standard InChI is InChI=1S/C13H15BrClNO2/c1-13(12(17)18)4-5-16(8-13)7-9-6-10(14)2-3-11(9)15/h2-3,6H,4-5,7-8H2,1H3,(H,17,18). The van der Waals surface area contributed by atoms with Gasteiger partial charge in [-0.05, 0) is 43.7 Å². The van der Waals surface area contributed by atoms with E-state index in [-0.39, 0.29) is 0 Å². The Balaban J connectivity index is 2.08. The van der Waals surface area contributed by atoms with Crippen molar-refractivity contribution in [1.29, 1.82) is 0 Å². The van der Waals surface area contributed by atoms with E-state index in [9.17, 15) is 9.90 Å². The zero-order valence-electron chi connectivity index (χ0n) is 10.1. The molecule has 3 nitrogen and oxygen atoms in total. The van der Waals surface area contributed by atoms with Crippen LogP contribution in [0.15, 0.2) is 22.7 Å². The summed E-state index contributed by atoms with van der Waals surface area (Å²) in [5, 5.41) is 9.92. The van der Waals surface area contributed by atoms with Crippen molar-refractivity contribution in [2.24, 2.45) is 5.41 Å². The summed E-state index contributed by atoms with van der Waals surface area (Å²) in [6.07, 6.45) is 0.688. The molecule has 0 amide bonds. The minimum Gasteiger partial charge on any atom is -0.481 e. The van der Waals surface area contributed by atoms with Gasteiger partial charge < -0.3 is 5.11 Å². The highest BCUT2D eigenvalue weighted by Gasteiger charge is 2.40. The molecule has 0 bridgehead atoms. The van der Waals surface area contributed by atoms with Crippen LogP contribution < -0.4 is 0 Å². The molecule has 18 heavy (non-hydrogen) atoms. The van der Waals surface area contributed by atoms with Crippen molar-refractivity contribution in [3.63, 3.8) is 0 Å². The second kappa shape index (κ2) is 5.19. The number of benzene rings is 1. The summed E-state index contributed by atoms with van der Waals surface area (Å²) < 4.78 is 0.988. The number of carboxylic acid groups (broad SMARTS) is 1. The van der Waals surface area contributed by atoms with Crippen LogP contribution in [0.5, 0.6) is 0 Å². The first-order chi connectivity index (χ1) is 8.40. The number of hydrogen-bond donors (Lipinski definition) is 1. The van der Waals surface area contributed by atoms with Crippen LogP contribution in [0, 0.1) is 5.41 Å². The van der Waals surface area contributed by atoms with E-state index in [1.165, 1.54) is 0 Å². The zero-order chi connectivity index (χ0) is 13.3. The molecule has 98 valence electrons. The first-order valence-electron chi connectivity index (χ1n) is 5.80. The van der Waals surface area contributed by atoms with Gasteiger partial charge in [-0.2, -0.15) is 0 Å². The Morgan fingerprint density at radius 3 is 2.94 bits per heavy atom. The predicted molar refractivity (Wildman–Crippen MR) is 74.8 cm³/mol. The predicted octanol–water partition coefficient (Wildman–Crippen LogP) is 3.40. The van der Waals surface area contributed by atoms with Crippen LogP contribution in [0.1, 0.15) is 18.9 Å². The average Bonchev–Trinajstić information content (AvgIpc) is 2.67. The van der Waals surface area contributed by atoms with Crippen molar-refractivity contribution >= 4 is 33.5 Å². The molecule has 0 spiro atoms. The Labute approximate surface area is 120 Å². The van der Waals surface area contributed by atoms with Gasteiger partial charge in [-0.25, -0.2) is 0 Å². The molecule has 1 aromatic carbocycles. The summed E-state index contributed by atoms with van der Waals surface area (Å²) in [5.41, 5.74) is 0.402. The summed E-state index contributed by atoms with van der Waals surface area (Å²) in [6, 6.07) is 5.74. The molecule has 1 aliphatic rings. The van der Waals surface area contributed by atoms with Gasteiger partial charge in [-0.15, -0.1) is 0 Å². The lowest BCUT2D eigenvalue weighted by molar-refractivity contribution is -0.147. The van der Waals surface area contributed by atoms with Gasteiger partial charge in [0.15, 0.2) is 0 Å². The first kappa shape index (κ1) is 13.8. The minimum atomic E-state index is -0.717.